The third-order valence-electron chi connectivity index (χ3n) is 5.88. The Kier molecular flexibility index (Phi) is 4.61. The quantitative estimate of drug-likeness (QED) is 0.294. The zero-order valence-corrected chi connectivity index (χ0v) is 18.6. The van der Waals surface area contributed by atoms with Gasteiger partial charge in [-0.05, 0) is 50.6 Å². The van der Waals surface area contributed by atoms with Crippen LogP contribution in [0.4, 0.5) is 0 Å². The number of rotatable bonds is 3. The molecule has 2 aromatic carbocycles. The SMILES string of the molecule is Cc1nn2cc(-c3cc(Cl)ccc3Cl)cc2c2c(C)n(Cc3ccccc3)c(C)c12. The Morgan fingerprint density at radius 2 is 1.60 bits per heavy atom. The molecule has 0 aliphatic carbocycles. The molecule has 0 atom stereocenters. The standard InChI is InChI=1S/C25H21Cl2N3/c1-15-24-16(2)29(13-18-7-5-4-6-8-18)17(3)25(24)23-11-19(14-30(23)28-15)21-12-20(26)9-10-22(21)27/h4-12,14H,13H2,1-3H3. The zero-order chi connectivity index (χ0) is 21.0. The van der Waals surface area contributed by atoms with E-state index in [-0.39, 0.29) is 0 Å². The van der Waals surface area contributed by atoms with Crippen molar-refractivity contribution in [1.29, 1.82) is 0 Å². The Morgan fingerprint density at radius 3 is 2.37 bits per heavy atom. The predicted molar refractivity (Wildman–Crippen MR) is 126 cm³/mol. The molecule has 0 fully saturated rings. The average Bonchev–Trinajstić information content (AvgIpc) is 3.25. The van der Waals surface area contributed by atoms with Crippen LogP contribution in [0, 0.1) is 20.8 Å². The number of halogens is 2. The molecule has 0 saturated carbocycles. The van der Waals surface area contributed by atoms with Gasteiger partial charge in [0.2, 0.25) is 0 Å². The van der Waals surface area contributed by atoms with E-state index in [9.17, 15) is 0 Å². The van der Waals surface area contributed by atoms with Gasteiger partial charge in [0.25, 0.3) is 0 Å². The second kappa shape index (κ2) is 7.19. The van der Waals surface area contributed by atoms with Gasteiger partial charge in [-0.15, -0.1) is 0 Å². The van der Waals surface area contributed by atoms with Crippen LogP contribution in [-0.4, -0.2) is 14.2 Å². The molecule has 0 saturated heterocycles. The van der Waals surface area contributed by atoms with Crippen LogP contribution in [-0.2, 0) is 6.54 Å². The first-order valence-electron chi connectivity index (χ1n) is 9.92. The highest BCUT2D eigenvalue weighted by atomic mass is 35.5. The van der Waals surface area contributed by atoms with Crippen LogP contribution in [0.15, 0.2) is 60.8 Å². The molecule has 3 aromatic heterocycles. The number of fused-ring (bicyclic) bond motifs is 3. The van der Waals surface area contributed by atoms with Gasteiger partial charge >= 0.3 is 0 Å². The molecular weight excluding hydrogens is 413 g/mol. The molecule has 0 N–H and O–H groups in total. The summed E-state index contributed by atoms with van der Waals surface area (Å²) in [5.74, 6) is 0. The molecule has 0 aliphatic heterocycles. The second-order valence-corrected chi connectivity index (χ2v) is 8.60. The van der Waals surface area contributed by atoms with Gasteiger partial charge in [-0.2, -0.15) is 5.10 Å². The molecule has 0 spiro atoms. The van der Waals surface area contributed by atoms with Crippen molar-refractivity contribution in [2.45, 2.75) is 27.3 Å². The summed E-state index contributed by atoms with van der Waals surface area (Å²) in [6.07, 6.45) is 2.03. The van der Waals surface area contributed by atoms with Crippen LogP contribution in [0.25, 0.3) is 27.4 Å². The van der Waals surface area contributed by atoms with Crippen molar-refractivity contribution in [3.05, 3.63) is 93.5 Å². The number of benzene rings is 2. The van der Waals surface area contributed by atoms with E-state index in [1.165, 1.54) is 27.7 Å². The lowest BCUT2D eigenvalue weighted by Crippen LogP contribution is -2.03. The van der Waals surface area contributed by atoms with E-state index in [4.69, 9.17) is 28.3 Å². The second-order valence-electron chi connectivity index (χ2n) is 7.76. The van der Waals surface area contributed by atoms with E-state index in [0.29, 0.717) is 10.0 Å². The maximum absolute atomic E-state index is 6.47. The third-order valence-corrected chi connectivity index (χ3v) is 6.45. The Balaban J connectivity index is 1.76. The lowest BCUT2D eigenvalue weighted by atomic mass is 10.1. The largest absolute Gasteiger partial charge is 0.343 e. The molecule has 30 heavy (non-hydrogen) atoms. The van der Waals surface area contributed by atoms with Crippen molar-refractivity contribution in [3.63, 3.8) is 0 Å². The predicted octanol–water partition coefficient (Wildman–Crippen LogP) is 7.24. The van der Waals surface area contributed by atoms with Crippen molar-refractivity contribution in [2.24, 2.45) is 0 Å². The molecule has 0 radical (unpaired) electrons. The Labute approximate surface area is 185 Å². The summed E-state index contributed by atoms with van der Waals surface area (Å²) in [4.78, 5) is 0. The summed E-state index contributed by atoms with van der Waals surface area (Å²) in [5, 5.41) is 8.65. The molecule has 5 aromatic rings. The van der Waals surface area contributed by atoms with Gasteiger partial charge in [0.15, 0.2) is 0 Å². The minimum absolute atomic E-state index is 0.667. The first kappa shape index (κ1) is 19.2. The molecule has 0 amide bonds. The summed E-state index contributed by atoms with van der Waals surface area (Å²) >= 11 is 12.7. The molecule has 3 heterocycles. The van der Waals surface area contributed by atoms with E-state index >= 15 is 0 Å². The highest BCUT2D eigenvalue weighted by molar-refractivity contribution is 6.35. The van der Waals surface area contributed by atoms with Crippen LogP contribution in [0.2, 0.25) is 10.0 Å². The van der Waals surface area contributed by atoms with E-state index in [1.54, 1.807) is 6.07 Å². The lowest BCUT2D eigenvalue weighted by molar-refractivity contribution is 0.754. The van der Waals surface area contributed by atoms with Crippen LogP contribution < -0.4 is 0 Å². The van der Waals surface area contributed by atoms with Gasteiger partial charge in [-0.25, -0.2) is 4.52 Å². The summed E-state index contributed by atoms with van der Waals surface area (Å²) in [5.41, 5.74) is 7.78. The highest BCUT2D eigenvalue weighted by Crippen LogP contribution is 2.36. The van der Waals surface area contributed by atoms with Crippen LogP contribution in [0.1, 0.15) is 22.6 Å². The summed E-state index contributed by atoms with van der Waals surface area (Å²) in [6.45, 7) is 7.29. The van der Waals surface area contributed by atoms with Crippen LogP contribution >= 0.6 is 23.2 Å². The normalized spacial score (nSPS) is 11.6. The Bertz CT molecular complexity index is 1410. The number of aryl methyl sites for hydroxylation is 3. The highest BCUT2D eigenvalue weighted by Gasteiger charge is 2.19. The monoisotopic (exact) mass is 433 g/mol. The first-order valence-corrected chi connectivity index (χ1v) is 10.7. The molecular formula is C25H21Cl2N3. The van der Waals surface area contributed by atoms with E-state index in [1.807, 2.05) is 22.8 Å². The van der Waals surface area contributed by atoms with Crippen molar-refractivity contribution < 1.29 is 0 Å². The average molecular weight is 434 g/mol. The van der Waals surface area contributed by atoms with Gasteiger partial charge in [-0.3, -0.25) is 0 Å². The van der Waals surface area contributed by atoms with Crippen LogP contribution in [0.5, 0.6) is 0 Å². The first-order chi connectivity index (χ1) is 14.4. The van der Waals surface area contributed by atoms with Gasteiger partial charge in [0.05, 0.1) is 11.2 Å². The number of hydrogen-bond donors (Lipinski definition) is 0. The minimum atomic E-state index is 0.667. The Hall–Kier alpha value is -2.75. The minimum Gasteiger partial charge on any atom is -0.343 e. The van der Waals surface area contributed by atoms with E-state index in [0.717, 1.165) is 28.9 Å². The fourth-order valence-corrected chi connectivity index (χ4v) is 4.84. The maximum atomic E-state index is 6.47. The Morgan fingerprint density at radius 1 is 0.867 bits per heavy atom. The lowest BCUT2D eigenvalue weighted by Gasteiger charge is -2.09. The molecule has 5 heteroatoms. The smallest absolute Gasteiger partial charge is 0.0749 e. The maximum Gasteiger partial charge on any atom is 0.0749 e. The van der Waals surface area contributed by atoms with E-state index < -0.39 is 0 Å². The van der Waals surface area contributed by atoms with Crippen molar-refractivity contribution >= 4 is 39.5 Å². The molecule has 3 nitrogen and oxygen atoms in total. The fraction of sp³-hybridized carbons (Fsp3) is 0.160. The summed E-state index contributed by atoms with van der Waals surface area (Å²) in [6, 6.07) is 18.3. The van der Waals surface area contributed by atoms with Crippen molar-refractivity contribution in [2.75, 3.05) is 0 Å². The van der Waals surface area contributed by atoms with Crippen LogP contribution in [0.3, 0.4) is 0 Å². The topological polar surface area (TPSA) is 22.2 Å². The zero-order valence-electron chi connectivity index (χ0n) is 17.1. The molecule has 0 unspecified atom stereocenters. The van der Waals surface area contributed by atoms with Crippen molar-refractivity contribution in [3.8, 4) is 11.1 Å². The van der Waals surface area contributed by atoms with Crippen molar-refractivity contribution in [1.82, 2.24) is 14.2 Å². The molecule has 5 rings (SSSR count). The third kappa shape index (κ3) is 3.01. The molecule has 150 valence electrons. The molecule has 0 bridgehead atoms. The van der Waals surface area contributed by atoms with Gasteiger partial charge in [0, 0.05) is 56.1 Å². The van der Waals surface area contributed by atoms with Gasteiger partial charge < -0.3 is 4.57 Å². The number of hydrogen-bond acceptors (Lipinski definition) is 1. The van der Waals surface area contributed by atoms with E-state index in [2.05, 4.69) is 61.7 Å². The van der Waals surface area contributed by atoms with Gasteiger partial charge in [-0.1, -0.05) is 53.5 Å². The summed E-state index contributed by atoms with van der Waals surface area (Å²) in [7, 11) is 0. The number of nitrogens with zero attached hydrogens (tertiary/aromatic N) is 3. The fourth-order valence-electron chi connectivity index (χ4n) is 4.44. The summed E-state index contributed by atoms with van der Waals surface area (Å²) < 4.78 is 4.34. The van der Waals surface area contributed by atoms with Gasteiger partial charge in [0.1, 0.15) is 0 Å². The number of aromatic nitrogens is 3. The molecule has 0 aliphatic rings.